The Hall–Kier alpha value is -3.33. The number of carbonyl (C=O) groups excluding carboxylic acids is 1. The Bertz CT molecular complexity index is 820. The summed E-state index contributed by atoms with van der Waals surface area (Å²) >= 11 is 0. The molecule has 2 rings (SSSR count). The lowest BCUT2D eigenvalue weighted by Gasteiger charge is -2.14. The van der Waals surface area contributed by atoms with Crippen LogP contribution in [0, 0.1) is 0 Å². The largest absolute Gasteiger partial charge is 0.502 e. The van der Waals surface area contributed by atoms with Crippen molar-refractivity contribution >= 4 is 5.91 Å². The van der Waals surface area contributed by atoms with E-state index in [1.54, 1.807) is 24.3 Å². The molecule has 2 aromatic rings. The van der Waals surface area contributed by atoms with Crippen LogP contribution in [0.25, 0.3) is 0 Å². The normalized spacial score (nSPS) is 10.3. The number of hydrogen-bond donors (Lipinski definition) is 3. The third kappa shape index (κ3) is 5.38. The molecule has 1 amide bonds. The van der Waals surface area contributed by atoms with Gasteiger partial charge in [-0.15, -0.1) is 0 Å². The molecule has 0 heterocycles. The van der Waals surface area contributed by atoms with Gasteiger partial charge in [-0.25, -0.2) is 0 Å². The first kappa shape index (κ1) is 23.0. The fourth-order valence-electron chi connectivity index (χ4n) is 2.86. The van der Waals surface area contributed by atoms with E-state index in [-0.39, 0.29) is 11.7 Å². The highest BCUT2D eigenvalue weighted by Crippen LogP contribution is 2.38. The van der Waals surface area contributed by atoms with E-state index in [2.05, 4.69) is 10.6 Å². The summed E-state index contributed by atoms with van der Waals surface area (Å²) in [5, 5.41) is 16.0. The third-order valence-electron chi connectivity index (χ3n) is 4.38. The predicted octanol–water partition coefficient (Wildman–Crippen LogP) is 1.95. The summed E-state index contributed by atoms with van der Waals surface area (Å²) in [6.07, 6.45) is 0. The molecule has 0 aliphatic heterocycles. The predicted molar refractivity (Wildman–Crippen MR) is 111 cm³/mol. The van der Waals surface area contributed by atoms with Gasteiger partial charge in [0.05, 0.1) is 35.5 Å². The second kappa shape index (κ2) is 11.0. The highest BCUT2D eigenvalue weighted by Gasteiger charge is 2.17. The molecular formula is C21H28N2O7. The minimum Gasteiger partial charge on any atom is -0.502 e. The Morgan fingerprint density at radius 3 is 1.80 bits per heavy atom. The first-order valence-corrected chi connectivity index (χ1v) is 9.21. The lowest BCUT2D eigenvalue weighted by atomic mass is 10.1. The molecule has 0 atom stereocenters. The molecule has 9 heteroatoms. The zero-order valence-electron chi connectivity index (χ0n) is 17.8. The lowest BCUT2D eigenvalue weighted by Crippen LogP contribution is -2.31. The van der Waals surface area contributed by atoms with Crippen molar-refractivity contribution in [1.29, 1.82) is 0 Å². The molecule has 0 bridgehead atoms. The molecule has 9 nitrogen and oxygen atoms in total. The first-order chi connectivity index (χ1) is 14.5. The van der Waals surface area contributed by atoms with Gasteiger partial charge in [0.2, 0.25) is 11.5 Å². The summed E-state index contributed by atoms with van der Waals surface area (Å²) in [7, 11) is 7.45. The summed E-state index contributed by atoms with van der Waals surface area (Å²) in [5.41, 5.74) is 1.27. The Balaban J connectivity index is 1.91. The van der Waals surface area contributed by atoms with Crippen LogP contribution < -0.4 is 34.3 Å². The molecule has 0 aromatic heterocycles. The second-order valence-corrected chi connectivity index (χ2v) is 6.20. The average Bonchev–Trinajstić information content (AvgIpc) is 2.78. The summed E-state index contributed by atoms with van der Waals surface area (Å²) in [4.78, 5) is 12.5. The van der Waals surface area contributed by atoms with Crippen LogP contribution in [0.5, 0.6) is 34.5 Å². The highest BCUT2D eigenvalue weighted by atomic mass is 16.5. The van der Waals surface area contributed by atoms with Crippen LogP contribution in [0.1, 0.15) is 15.9 Å². The van der Waals surface area contributed by atoms with Gasteiger partial charge in [-0.3, -0.25) is 4.79 Å². The summed E-state index contributed by atoms with van der Waals surface area (Å²) < 4.78 is 26.1. The molecule has 0 aliphatic rings. The molecule has 0 aliphatic carbocycles. The van der Waals surface area contributed by atoms with E-state index in [0.29, 0.717) is 53.9 Å². The van der Waals surface area contributed by atoms with Crippen molar-refractivity contribution in [2.24, 2.45) is 0 Å². The number of ether oxygens (including phenoxy) is 5. The van der Waals surface area contributed by atoms with Crippen LogP contribution in [0.2, 0.25) is 0 Å². The molecule has 0 fully saturated rings. The monoisotopic (exact) mass is 420 g/mol. The van der Waals surface area contributed by atoms with E-state index in [1.807, 2.05) is 0 Å². The number of phenols is 1. The molecule has 30 heavy (non-hydrogen) atoms. The smallest absolute Gasteiger partial charge is 0.251 e. The number of methoxy groups -OCH3 is 5. The van der Waals surface area contributed by atoms with Crippen molar-refractivity contribution < 1.29 is 33.6 Å². The van der Waals surface area contributed by atoms with E-state index >= 15 is 0 Å². The van der Waals surface area contributed by atoms with Gasteiger partial charge in [0.25, 0.3) is 5.91 Å². The number of rotatable bonds is 11. The maximum atomic E-state index is 12.5. The van der Waals surface area contributed by atoms with Crippen LogP contribution in [0.15, 0.2) is 24.3 Å². The Kier molecular flexibility index (Phi) is 8.42. The van der Waals surface area contributed by atoms with Gasteiger partial charge < -0.3 is 39.4 Å². The maximum absolute atomic E-state index is 12.5. The molecule has 0 saturated heterocycles. The fourth-order valence-corrected chi connectivity index (χ4v) is 2.86. The average molecular weight is 420 g/mol. The highest BCUT2D eigenvalue weighted by molar-refractivity contribution is 5.95. The van der Waals surface area contributed by atoms with Crippen molar-refractivity contribution in [3.05, 3.63) is 35.4 Å². The van der Waals surface area contributed by atoms with Crippen LogP contribution in [-0.4, -0.2) is 59.7 Å². The Labute approximate surface area is 175 Å². The number of benzene rings is 2. The maximum Gasteiger partial charge on any atom is 0.251 e. The minimum atomic E-state index is -0.260. The molecule has 164 valence electrons. The Morgan fingerprint density at radius 2 is 1.33 bits per heavy atom. The van der Waals surface area contributed by atoms with Crippen molar-refractivity contribution in [3.8, 4) is 34.5 Å². The number of nitrogens with one attached hydrogen (secondary N) is 2. The molecule has 0 unspecified atom stereocenters. The number of aromatic hydroxyl groups is 1. The minimum absolute atomic E-state index is 0.0404. The number of phenolic OH excluding ortho intramolecular Hbond substituents is 1. The molecule has 0 saturated carbocycles. The van der Waals surface area contributed by atoms with Gasteiger partial charge in [0.1, 0.15) is 0 Å². The summed E-state index contributed by atoms with van der Waals surface area (Å²) in [6.45, 7) is 1.44. The van der Waals surface area contributed by atoms with Crippen LogP contribution in [0.3, 0.4) is 0 Å². The van der Waals surface area contributed by atoms with E-state index in [0.717, 1.165) is 5.56 Å². The van der Waals surface area contributed by atoms with Gasteiger partial charge in [-0.05, 0) is 29.8 Å². The van der Waals surface area contributed by atoms with Crippen molar-refractivity contribution in [3.63, 3.8) is 0 Å². The zero-order valence-corrected chi connectivity index (χ0v) is 17.8. The van der Waals surface area contributed by atoms with E-state index in [4.69, 9.17) is 23.7 Å². The van der Waals surface area contributed by atoms with Crippen LogP contribution in [0.4, 0.5) is 0 Å². The number of amides is 1. The fraction of sp³-hybridized carbons (Fsp3) is 0.381. The summed E-state index contributed by atoms with van der Waals surface area (Å²) in [6, 6.07) is 6.64. The summed E-state index contributed by atoms with van der Waals surface area (Å²) in [5.74, 6) is 1.62. The Morgan fingerprint density at radius 1 is 0.800 bits per heavy atom. The first-order valence-electron chi connectivity index (χ1n) is 9.21. The quantitative estimate of drug-likeness (QED) is 0.474. The van der Waals surface area contributed by atoms with Crippen LogP contribution in [-0.2, 0) is 6.54 Å². The molecule has 0 spiro atoms. The number of carbonyl (C=O) groups is 1. The van der Waals surface area contributed by atoms with Gasteiger partial charge in [0.15, 0.2) is 23.0 Å². The zero-order chi connectivity index (χ0) is 22.1. The van der Waals surface area contributed by atoms with Gasteiger partial charge in [0, 0.05) is 25.2 Å². The van der Waals surface area contributed by atoms with Gasteiger partial charge in [-0.1, -0.05) is 0 Å². The van der Waals surface area contributed by atoms with Gasteiger partial charge >= 0.3 is 0 Å². The van der Waals surface area contributed by atoms with Crippen molar-refractivity contribution in [2.75, 3.05) is 48.6 Å². The van der Waals surface area contributed by atoms with E-state index in [1.165, 1.54) is 35.5 Å². The standard InChI is InChI=1S/C21H28N2O7/c1-26-15-8-13(9-16(27-2)19(15)24)12-22-6-7-23-21(25)14-10-17(28-3)20(30-5)18(11-14)29-4/h8-11,22,24H,6-7,12H2,1-5H3,(H,23,25). The van der Waals surface area contributed by atoms with Crippen molar-refractivity contribution in [2.45, 2.75) is 6.54 Å². The topological polar surface area (TPSA) is 108 Å². The molecular weight excluding hydrogens is 392 g/mol. The second-order valence-electron chi connectivity index (χ2n) is 6.20. The van der Waals surface area contributed by atoms with Crippen LogP contribution >= 0.6 is 0 Å². The third-order valence-corrected chi connectivity index (χ3v) is 4.38. The molecule has 3 N–H and O–H groups in total. The van der Waals surface area contributed by atoms with E-state index in [9.17, 15) is 9.90 Å². The van der Waals surface area contributed by atoms with E-state index < -0.39 is 0 Å². The number of hydrogen-bond acceptors (Lipinski definition) is 8. The lowest BCUT2D eigenvalue weighted by molar-refractivity contribution is 0.0953. The molecule has 0 radical (unpaired) electrons. The van der Waals surface area contributed by atoms with Gasteiger partial charge in [-0.2, -0.15) is 0 Å². The molecule has 2 aromatic carbocycles. The van der Waals surface area contributed by atoms with Crippen molar-refractivity contribution in [1.82, 2.24) is 10.6 Å². The SMILES string of the molecule is COc1cc(CNCCNC(=O)c2cc(OC)c(OC)c(OC)c2)cc(OC)c1O.